The van der Waals surface area contributed by atoms with Crippen molar-refractivity contribution in [1.82, 2.24) is 4.90 Å². The topological polar surface area (TPSA) is 55.8 Å². The first kappa shape index (κ1) is 19.0. The minimum absolute atomic E-state index is 0.0133. The predicted octanol–water partition coefficient (Wildman–Crippen LogP) is 3.51. The molecule has 27 heavy (non-hydrogen) atoms. The first-order valence-electron chi connectivity index (χ1n) is 9.42. The summed E-state index contributed by atoms with van der Waals surface area (Å²) in [5.41, 5.74) is 1.76. The molecule has 2 aromatic rings. The van der Waals surface area contributed by atoms with E-state index in [1.807, 2.05) is 30.0 Å². The molecule has 0 fully saturated rings. The number of likely N-dealkylation sites (N-methyl/N-ethyl adjacent to an activating group) is 1. The number of hydrogen-bond acceptors (Lipinski definition) is 4. The molecule has 1 aliphatic heterocycles. The SMILES string of the molecule is CCN(CCc1ccccc1)C(=O)CCC(=O)c1ccc2c(c1)OCCO2. The molecule has 0 saturated carbocycles. The van der Waals surface area contributed by atoms with Gasteiger partial charge in [-0.15, -0.1) is 0 Å². The molecule has 1 heterocycles. The average Bonchev–Trinajstić information content (AvgIpc) is 2.72. The molecule has 142 valence electrons. The predicted molar refractivity (Wildman–Crippen MR) is 103 cm³/mol. The van der Waals surface area contributed by atoms with Crippen molar-refractivity contribution >= 4 is 11.7 Å². The third-order valence-electron chi connectivity index (χ3n) is 4.68. The molecule has 0 spiro atoms. The van der Waals surface area contributed by atoms with Crippen molar-refractivity contribution in [2.24, 2.45) is 0 Å². The zero-order valence-corrected chi connectivity index (χ0v) is 15.6. The van der Waals surface area contributed by atoms with Gasteiger partial charge in [0.15, 0.2) is 17.3 Å². The van der Waals surface area contributed by atoms with Crippen molar-refractivity contribution in [2.45, 2.75) is 26.2 Å². The van der Waals surface area contributed by atoms with Crippen molar-refractivity contribution in [3.8, 4) is 11.5 Å². The molecular formula is C22H25NO4. The van der Waals surface area contributed by atoms with Gasteiger partial charge in [-0.1, -0.05) is 30.3 Å². The van der Waals surface area contributed by atoms with Crippen LogP contribution in [0.15, 0.2) is 48.5 Å². The second-order valence-corrected chi connectivity index (χ2v) is 6.49. The van der Waals surface area contributed by atoms with Gasteiger partial charge in [-0.25, -0.2) is 0 Å². The first-order chi connectivity index (χ1) is 13.2. The number of benzene rings is 2. The Hall–Kier alpha value is -2.82. The summed E-state index contributed by atoms with van der Waals surface area (Å²) in [4.78, 5) is 26.8. The average molecular weight is 367 g/mol. The highest BCUT2D eigenvalue weighted by Crippen LogP contribution is 2.31. The van der Waals surface area contributed by atoms with E-state index in [4.69, 9.17) is 9.47 Å². The van der Waals surface area contributed by atoms with E-state index in [2.05, 4.69) is 12.1 Å². The summed E-state index contributed by atoms with van der Waals surface area (Å²) < 4.78 is 11.0. The number of carbonyl (C=O) groups excluding carboxylic acids is 2. The fraction of sp³-hybridized carbons (Fsp3) is 0.364. The van der Waals surface area contributed by atoms with Crippen molar-refractivity contribution < 1.29 is 19.1 Å². The monoisotopic (exact) mass is 367 g/mol. The Morgan fingerprint density at radius 1 is 0.963 bits per heavy atom. The lowest BCUT2D eigenvalue weighted by molar-refractivity contribution is -0.130. The van der Waals surface area contributed by atoms with Crippen LogP contribution in [0.5, 0.6) is 11.5 Å². The van der Waals surface area contributed by atoms with Gasteiger partial charge in [0, 0.05) is 31.5 Å². The zero-order chi connectivity index (χ0) is 19.1. The van der Waals surface area contributed by atoms with Crippen LogP contribution < -0.4 is 9.47 Å². The molecule has 0 aliphatic carbocycles. The van der Waals surface area contributed by atoms with E-state index in [-0.39, 0.29) is 24.5 Å². The summed E-state index contributed by atoms with van der Waals surface area (Å²) in [6.07, 6.45) is 1.23. The lowest BCUT2D eigenvalue weighted by Gasteiger charge is -2.21. The van der Waals surface area contributed by atoms with Crippen LogP contribution in [0.25, 0.3) is 0 Å². The Morgan fingerprint density at radius 2 is 1.70 bits per heavy atom. The standard InChI is InChI=1S/C22H25NO4/c1-2-23(13-12-17-6-4-3-5-7-17)22(25)11-9-19(24)18-8-10-20-21(16-18)27-15-14-26-20/h3-8,10,16H,2,9,11-15H2,1H3. The van der Waals surface area contributed by atoms with Crippen molar-refractivity contribution in [2.75, 3.05) is 26.3 Å². The second-order valence-electron chi connectivity index (χ2n) is 6.49. The maximum absolute atomic E-state index is 12.5. The zero-order valence-electron chi connectivity index (χ0n) is 15.6. The lowest BCUT2D eigenvalue weighted by Crippen LogP contribution is -2.32. The largest absolute Gasteiger partial charge is 0.486 e. The van der Waals surface area contributed by atoms with Crippen LogP contribution >= 0.6 is 0 Å². The van der Waals surface area contributed by atoms with Crippen LogP contribution in [0.1, 0.15) is 35.7 Å². The van der Waals surface area contributed by atoms with Gasteiger partial charge in [0.25, 0.3) is 0 Å². The molecule has 0 N–H and O–H groups in total. The quantitative estimate of drug-likeness (QED) is 0.670. The van der Waals surface area contributed by atoms with E-state index in [0.717, 1.165) is 6.42 Å². The Balaban J connectivity index is 1.51. The number of rotatable bonds is 8. The number of fused-ring (bicyclic) bond motifs is 1. The van der Waals surface area contributed by atoms with Gasteiger partial charge >= 0.3 is 0 Å². The first-order valence-corrected chi connectivity index (χ1v) is 9.42. The van der Waals surface area contributed by atoms with Gasteiger partial charge in [-0.3, -0.25) is 9.59 Å². The highest BCUT2D eigenvalue weighted by Gasteiger charge is 2.17. The Bertz CT molecular complexity index is 788. The second kappa shape index (κ2) is 9.21. The number of hydrogen-bond donors (Lipinski definition) is 0. The van der Waals surface area contributed by atoms with Crippen molar-refractivity contribution in [3.63, 3.8) is 0 Å². The number of ketones is 1. The van der Waals surface area contributed by atoms with Gasteiger partial charge in [-0.05, 0) is 37.1 Å². The molecule has 0 bridgehead atoms. The highest BCUT2D eigenvalue weighted by molar-refractivity contribution is 5.98. The van der Waals surface area contributed by atoms with Crippen LogP contribution in [0.2, 0.25) is 0 Å². The summed E-state index contributed by atoms with van der Waals surface area (Å²) in [6.45, 7) is 4.27. The van der Waals surface area contributed by atoms with Gasteiger partial charge in [-0.2, -0.15) is 0 Å². The number of ether oxygens (including phenoxy) is 2. The lowest BCUT2D eigenvalue weighted by atomic mass is 10.1. The molecule has 0 atom stereocenters. The summed E-state index contributed by atoms with van der Waals surface area (Å²) in [7, 11) is 0. The van der Waals surface area contributed by atoms with Gasteiger partial charge < -0.3 is 14.4 Å². The minimum atomic E-state index is -0.0561. The van der Waals surface area contributed by atoms with E-state index < -0.39 is 0 Å². The summed E-state index contributed by atoms with van der Waals surface area (Å²) in [6, 6.07) is 15.3. The van der Waals surface area contributed by atoms with E-state index in [9.17, 15) is 9.59 Å². The maximum Gasteiger partial charge on any atom is 0.223 e. The van der Waals surface area contributed by atoms with Crippen LogP contribution in [-0.2, 0) is 11.2 Å². The third kappa shape index (κ3) is 5.09. The van der Waals surface area contributed by atoms with Gasteiger partial charge in [0.1, 0.15) is 13.2 Å². The molecule has 0 unspecified atom stereocenters. The smallest absolute Gasteiger partial charge is 0.223 e. The fourth-order valence-corrected chi connectivity index (χ4v) is 3.11. The number of amides is 1. The van der Waals surface area contributed by atoms with Crippen LogP contribution in [0, 0.1) is 0 Å². The maximum atomic E-state index is 12.5. The molecule has 0 saturated heterocycles. The Labute approximate surface area is 159 Å². The fourth-order valence-electron chi connectivity index (χ4n) is 3.11. The number of carbonyl (C=O) groups is 2. The number of Topliss-reactive ketones (excluding diaryl/α,β-unsaturated/α-hetero) is 1. The van der Waals surface area contributed by atoms with Crippen LogP contribution in [-0.4, -0.2) is 42.9 Å². The summed E-state index contributed by atoms with van der Waals surface area (Å²) in [5, 5.41) is 0. The molecule has 0 aromatic heterocycles. The van der Waals surface area contributed by atoms with E-state index >= 15 is 0 Å². The van der Waals surface area contributed by atoms with Crippen LogP contribution in [0.3, 0.4) is 0 Å². The van der Waals surface area contributed by atoms with Crippen molar-refractivity contribution in [3.05, 3.63) is 59.7 Å². The van der Waals surface area contributed by atoms with Crippen LogP contribution in [0.4, 0.5) is 0 Å². The Kier molecular flexibility index (Phi) is 6.47. The third-order valence-corrected chi connectivity index (χ3v) is 4.68. The molecule has 2 aromatic carbocycles. The van der Waals surface area contributed by atoms with E-state index in [1.165, 1.54) is 5.56 Å². The molecular weight excluding hydrogens is 342 g/mol. The normalized spacial score (nSPS) is 12.5. The molecule has 1 amide bonds. The van der Waals surface area contributed by atoms with Crippen molar-refractivity contribution in [1.29, 1.82) is 0 Å². The molecule has 5 heteroatoms. The molecule has 1 aliphatic rings. The Morgan fingerprint density at radius 3 is 2.44 bits per heavy atom. The van der Waals surface area contributed by atoms with Gasteiger partial charge in [0.2, 0.25) is 5.91 Å². The van der Waals surface area contributed by atoms with E-state index in [1.54, 1.807) is 18.2 Å². The highest BCUT2D eigenvalue weighted by atomic mass is 16.6. The molecule has 3 rings (SSSR count). The summed E-state index contributed by atoms with van der Waals surface area (Å²) >= 11 is 0. The minimum Gasteiger partial charge on any atom is -0.486 e. The van der Waals surface area contributed by atoms with E-state index in [0.29, 0.717) is 43.4 Å². The molecule has 0 radical (unpaired) electrons. The number of nitrogens with zero attached hydrogens (tertiary/aromatic N) is 1. The summed E-state index contributed by atoms with van der Waals surface area (Å²) in [5.74, 6) is 1.21. The molecule has 5 nitrogen and oxygen atoms in total. The van der Waals surface area contributed by atoms with Gasteiger partial charge in [0.05, 0.1) is 0 Å².